The molecule has 0 spiro atoms. The van der Waals surface area contributed by atoms with E-state index in [-0.39, 0.29) is 0 Å². The first-order valence-electron chi connectivity index (χ1n) is 6.00. The third-order valence-electron chi connectivity index (χ3n) is 2.96. The third kappa shape index (κ3) is 3.61. The summed E-state index contributed by atoms with van der Waals surface area (Å²) in [5, 5.41) is 3.38. The van der Waals surface area contributed by atoms with Crippen molar-refractivity contribution in [2.24, 2.45) is 0 Å². The fraction of sp³-hybridized carbons (Fsp3) is 0.538. The molecule has 0 radical (unpaired) electrons. The lowest BCUT2D eigenvalue weighted by Gasteiger charge is -2.18. The van der Waals surface area contributed by atoms with Gasteiger partial charge in [-0.2, -0.15) is 0 Å². The van der Waals surface area contributed by atoms with Gasteiger partial charge in [-0.25, -0.2) is 0 Å². The summed E-state index contributed by atoms with van der Waals surface area (Å²) in [5.41, 5.74) is 0. The van der Waals surface area contributed by atoms with Crippen molar-refractivity contribution in [1.29, 1.82) is 0 Å². The van der Waals surface area contributed by atoms with Gasteiger partial charge in [0.25, 0.3) is 0 Å². The average Bonchev–Trinajstić information content (AvgIpc) is 2.60. The van der Waals surface area contributed by atoms with E-state index in [1.165, 1.54) is 6.42 Å². The molecule has 1 heterocycles. The standard InChI is InChI=1S/C13H18BrNO2/c1-16-11-4-5-13(12(14)9-11)17-10-3-2-7-15-8-6-10/h4-5,9-10,15H,2-3,6-8H2,1H3. The number of hydrogen-bond donors (Lipinski definition) is 1. The Bertz CT molecular complexity index is 362. The van der Waals surface area contributed by atoms with Crippen LogP contribution in [0.3, 0.4) is 0 Å². The lowest BCUT2D eigenvalue weighted by Crippen LogP contribution is -2.19. The normalized spacial score (nSPS) is 20.7. The molecule has 1 atom stereocenters. The average molecular weight is 300 g/mol. The highest BCUT2D eigenvalue weighted by atomic mass is 79.9. The van der Waals surface area contributed by atoms with Crippen molar-refractivity contribution >= 4 is 15.9 Å². The molecule has 0 aliphatic carbocycles. The smallest absolute Gasteiger partial charge is 0.134 e. The second-order valence-corrected chi connectivity index (χ2v) is 5.07. The van der Waals surface area contributed by atoms with Crippen LogP contribution in [0.5, 0.6) is 11.5 Å². The summed E-state index contributed by atoms with van der Waals surface area (Å²) in [5.74, 6) is 1.74. The fourth-order valence-electron chi connectivity index (χ4n) is 1.99. The maximum absolute atomic E-state index is 6.02. The predicted octanol–water partition coefficient (Wildman–Crippen LogP) is 2.98. The van der Waals surface area contributed by atoms with E-state index in [1.54, 1.807) is 7.11 Å². The van der Waals surface area contributed by atoms with Crippen LogP contribution in [0.25, 0.3) is 0 Å². The van der Waals surface area contributed by atoms with Gasteiger partial charge >= 0.3 is 0 Å². The van der Waals surface area contributed by atoms with Crippen molar-refractivity contribution < 1.29 is 9.47 Å². The molecular weight excluding hydrogens is 282 g/mol. The monoisotopic (exact) mass is 299 g/mol. The lowest BCUT2D eigenvalue weighted by atomic mass is 10.1. The van der Waals surface area contributed by atoms with E-state index < -0.39 is 0 Å². The summed E-state index contributed by atoms with van der Waals surface area (Å²) in [6.45, 7) is 2.14. The van der Waals surface area contributed by atoms with Crippen molar-refractivity contribution in [2.45, 2.75) is 25.4 Å². The zero-order valence-corrected chi connectivity index (χ0v) is 11.6. The van der Waals surface area contributed by atoms with Gasteiger partial charge in [-0.15, -0.1) is 0 Å². The Morgan fingerprint density at radius 3 is 2.94 bits per heavy atom. The number of nitrogens with one attached hydrogen (secondary N) is 1. The molecule has 2 rings (SSSR count). The Hall–Kier alpha value is -0.740. The van der Waals surface area contributed by atoms with Crippen molar-refractivity contribution in [3.63, 3.8) is 0 Å². The molecule has 17 heavy (non-hydrogen) atoms. The predicted molar refractivity (Wildman–Crippen MR) is 71.8 cm³/mol. The van der Waals surface area contributed by atoms with Crippen LogP contribution in [0.15, 0.2) is 22.7 Å². The molecule has 94 valence electrons. The first kappa shape index (κ1) is 12.7. The van der Waals surface area contributed by atoms with E-state index in [4.69, 9.17) is 9.47 Å². The Balaban J connectivity index is 2.01. The maximum Gasteiger partial charge on any atom is 0.134 e. The van der Waals surface area contributed by atoms with Gasteiger partial charge in [-0.05, 0) is 66.5 Å². The fourth-order valence-corrected chi connectivity index (χ4v) is 2.44. The molecule has 1 fully saturated rings. The third-order valence-corrected chi connectivity index (χ3v) is 3.58. The lowest BCUT2D eigenvalue weighted by molar-refractivity contribution is 0.186. The maximum atomic E-state index is 6.02. The van der Waals surface area contributed by atoms with Crippen LogP contribution >= 0.6 is 15.9 Å². The van der Waals surface area contributed by atoms with Crippen molar-refractivity contribution in [1.82, 2.24) is 5.32 Å². The quantitative estimate of drug-likeness (QED) is 0.931. The summed E-state index contributed by atoms with van der Waals surface area (Å²) in [4.78, 5) is 0. The second-order valence-electron chi connectivity index (χ2n) is 4.22. The molecule has 1 saturated heterocycles. The van der Waals surface area contributed by atoms with Crippen LogP contribution in [-0.4, -0.2) is 26.3 Å². The number of hydrogen-bond acceptors (Lipinski definition) is 3. The highest BCUT2D eigenvalue weighted by molar-refractivity contribution is 9.10. The summed E-state index contributed by atoms with van der Waals surface area (Å²) in [6.07, 6.45) is 3.68. The highest BCUT2D eigenvalue weighted by Crippen LogP contribution is 2.30. The molecule has 1 aromatic rings. The number of ether oxygens (including phenoxy) is 2. The van der Waals surface area contributed by atoms with Gasteiger partial charge in [-0.3, -0.25) is 0 Å². The zero-order chi connectivity index (χ0) is 12.1. The Kier molecular flexibility index (Phi) is 4.68. The summed E-state index contributed by atoms with van der Waals surface area (Å²) in [7, 11) is 1.67. The van der Waals surface area contributed by atoms with Gasteiger partial charge in [0, 0.05) is 0 Å². The van der Waals surface area contributed by atoms with Crippen LogP contribution < -0.4 is 14.8 Å². The first-order valence-corrected chi connectivity index (χ1v) is 6.80. The minimum Gasteiger partial charge on any atom is -0.497 e. The van der Waals surface area contributed by atoms with Crippen LogP contribution in [-0.2, 0) is 0 Å². The van der Waals surface area contributed by atoms with E-state index in [9.17, 15) is 0 Å². The molecular formula is C13H18BrNO2. The van der Waals surface area contributed by atoms with E-state index in [2.05, 4.69) is 21.2 Å². The molecule has 0 bridgehead atoms. The summed E-state index contributed by atoms with van der Waals surface area (Å²) < 4.78 is 12.1. The van der Waals surface area contributed by atoms with Gasteiger partial charge in [0.1, 0.15) is 17.6 Å². The molecule has 0 saturated carbocycles. The Morgan fingerprint density at radius 1 is 1.29 bits per heavy atom. The molecule has 3 nitrogen and oxygen atoms in total. The van der Waals surface area contributed by atoms with Crippen molar-refractivity contribution in [2.75, 3.05) is 20.2 Å². The minimum absolute atomic E-state index is 0.315. The molecule has 1 aromatic carbocycles. The zero-order valence-electron chi connectivity index (χ0n) is 10.0. The van der Waals surface area contributed by atoms with Gasteiger partial charge < -0.3 is 14.8 Å². The topological polar surface area (TPSA) is 30.5 Å². The molecule has 0 aromatic heterocycles. The number of halogens is 1. The number of benzene rings is 1. The van der Waals surface area contributed by atoms with Gasteiger partial charge in [0.2, 0.25) is 0 Å². The largest absolute Gasteiger partial charge is 0.497 e. The Morgan fingerprint density at radius 2 is 2.18 bits per heavy atom. The molecule has 1 N–H and O–H groups in total. The molecule has 4 heteroatoms. The highest BCUT2D eigenvalue weighted by Gasteiger charge is 2.14. The van der Waals surface area contributed by atoms with E-state index in [1.807, 2.05) is 18.2 Å². The molecule has 1 aliphatic heterocycles. The van der Waals surface area contributed by atoms with Crippen molar-refractivity contribution in [3.05, 3.63) is 22.7 Å². The first-order chi connectivity index (χ1) is 8.29. The Labute approximate surface area is 111 Å². The molecule has 0 amide bonds. The van der Waals surface area contributed by atoms with Crippen molar-refractivity contribution in [3.8, 4) is 11.5 Å². The van der Waals surface area contributed by atoms with Crippen LogP contribution in [0.4, 0.5) is 0 Å². The SMILES string of the molecule is COc1ccc(OC2CCCNCC2)c(Br)c1. The van der Waals surface area contributed by atoms with Gasteiger partial charge in [0.05, 0.1) is 11.6 Å². The summed E-state index contributed by atoms with van der Waals surface area (Å²) >= 11 is 3.51. The van der Waals surface area contributed by atoms with E-state index >= 15 is 0 Å². The van der Waals surface area contributed by atoms with Gasteiger partial charge in [0.15, 0.2) is 0 Å². The van der Waals surface area contributed by atoms with E-state index in [0.29, 0.717) is 6.10 Å². The van der Waals surface area contributed by atoms with Crippen LogP contribution in [0.2, 0.25) is 0 Å². The van der Waals surface area contributed by atoms with Crippen LogP contribution in [0, 0.1) is 0 Å². The second kappa shape index (κ2) is 6.26. The molecule has 1 aliphatic rings. The minimum atomic E-state index is 0.315. The van der Waals surface area contributed by atoms with E-state index in [0.717, 1.165) is 41.9 Å². The number of methoxy groups -OCH3 is 1. The number of rotatable bonds is 3. The summed E-state index contributed by atoms with van der Waals surface area (Å²) in [6, 6.07) is 5.82. The van der Waals surface area contributed by atoms with Gasteiger partial charge in [-0.1, -0.05) is 0 Å². The van der Waals surface area contributed by atoms with Crippen LogP contribution in [0.1, 0.15) is 19.3 Å². The molecule has 1 unspecified atom stereocenters.